The molecule has 1 aromatic heterocycles. The van der Waals surface area contributed by atoms with Gasteiger partial charge in [-0.15, -0.1) is 0 Å². The van der Waals surface area contributed by atoms with Gasteiger partial charge in [0.25, 0.3) is 0 Å². The fraction of sp³-hybridized carbons (Fsp3) is 0.583. The van der Waals surface area contributed by atoms with Crippen molar-refractivity contribution in [3.05, 3.63) is 18.3 Å². The molecule has 1 atom stereocenters. The van der Waals surface area contributed by atoms with Gasteiger partial charge in [-0.25, -0.2) is 4.98 Å². The van der Waals surface area contributed by atoms with Crippen molar-refractivity contribution in [3.8, 4) is 0 Å². The van der Waals surface area contributed by atoms with E-state index in [0.29, 0.717) is 5.92 Å². The molecule has 2 heterocycles. The van der Waals surface area contributed by atoms with Gasteiger partial charge in [-0.05, 0) is 24.8 Å². The highest BCUT2D eigenvalue weighted by Crippen LogP contribution is 2.18. The molecule has 2 rings (SSSR count). The van der Waals surface area contributed by atoms with E-state index in [-0.39, 0.29) is 0 Å². The Bertz CT molecular complexity index is 337. The van der Waals surface area contributed by atoms with Gasteiger partial charge in [0.2, 0.25) is 0 Å². The van der Waals surface area contributed by atoms with E-state index >= 15 is 0 Å². The van der Waals surface area contributed by atoms with Crippen LogP contribution in [0.4, 0.5) is 11.5 Å². The number of pyridine rings is 1. The van der Waals surface area contributed by atoms with Crippen LogP contribution in [0.2, 0.25) is 0 Å². The van der Waals surface area contributed by atoms with Crippen molar-refractivity contribution in [2.75, 3.05) is 37.4 Å². The second kappa shape index (κ2) is 5.16. The number of rotatable bonds is 3. The van der Waals surface area contributed by atoms with E-state index in [0.717, 1.165) is 31.3 Å². The first kappa shape index (κ1) is 11.2. The molecular weight excluding hydrogens is 202 g/mol. The highest BCUT2D eigenvalue weighted by atomic mass is 16.5. The summed E-state index contributed by atoms with van der Waals surface area (Å²) < 4.78 is 5.47. The molecule has 1 fully saturated rings. The predicted molar refractivity (Wildman–Crippen MR) is 65.5 cm³/mol. The monoisotopic (exact) mass is 221 g/mol. The highest BCUT2D eigenvalue weighted by Gasteiger charge is 2.16. The van der Waals surface area contributed by atoms with Crippen molar-refractivity contribution in [1.29, 1.82) is 0 Å². The van der Waals surface area contributed by atoms with Crippen molar-refractivity contribution < 1.29 is 4.74 Å². The Morgan fingerprint density at radius 3 is 3.19 bits per heavy atom. The minimum absolute atomic E-state index is 0.613. The summed E-state index contributed by atoms with van der Waals surface area (Å²) in [5.41, 5.74) is 6.50. The van der Waals surface area contributed by atoms with E-state index in [1.165, 1.54) is 12.8 Å². The molecule has 1 unspecified atom stereocenters. The lowest BCUT2D eigenvalue weighted by Crippen LogP contribution is -2.31. The predicted octanol–water partition coefficient (Wildman–Crippen LogP) is 1.53. The van der Waals surface area contributed by atoms with Gasteiger partial charge >= 0.3 is 0 Å². The third kappa shape index (κ3) is 2.85. The van der Waals surface area contributed by atoms with Crippen LogP contribution in [0.3, 0.4) is 0 Å². The molecule has 88 valence electrons. The molecule has 2 N–H and O–H groups in total. The van der Waals surface area contributed by atoms with Gasteiger partial charge in [0, 0.05) is 38.1 Å². The van der Waals surface area contributed by atoms with E-state index in [4.69, 9.17) is 10.5 Å². The average molecular weight is 221 g/mol. The van der Waals surface area contributed by atoms with E-state index in [1.54, 1.807) is 12.3 Å². The second-order valence-electron chi connectivity index (χ2n) is 4.41. The largest absolute Gasteiger partial charge is 0.399 e. The molecule has 1 saturated heterocycles. The summed E-state index contributed by atoms with van der Waals surface area (Å²) in [6, 6.07) is 3.71. The summed E-state index contributed by atoms with van der Waals surface area (Å²) in [6.07, 6.45) is 4.16. The maximum Gasteiger partial charge on any atom is 0.130 e. The Morgan fingerprint density at radius 2 is 2.50 bits per heavy atom. The Kier molecular flexibility index (Phi) is 3.62. The first-order valence-electron chi connectivity index (χ1n) is 5.76. The number of nitrogens with two attached hydrogens (primary N) is 1. The lowest BCUT2D eigenvalue weighted by molar-refractivity contribution is 0.0576. The van der Waals surface area contributed by atoms with Gasteiger partial charge in [-0.3, -0.25) is 0 Å². The number of anilines is 2. The van der Waals surface area contributed by atoms with Gasteiger partial charge in [0.05, 0.1) is 6.61 Å². The van der Waals surface area contributed by atoms with Gasteiger partial charge in [-0.2, -0.15) is 0 Å². The fourth-order valence-electron chi connectivity index (χ4n) is 2.08. The molecule has 0 spiro atoms. The van der Waals surface area contributed by atoms with Crippen molar-refractivity contribution >= 4 is 11.5 Å². The molecule has 0 bridgehead atoms. The molecule has 4 heteroatoms. The summed E-state index contributed by atoms with van der Waals surface area (Å²) in [7, 11) is 2.05. The lowest BCUT2D eigenvalue weighted by Gasteiger charge is -2.27. The quantitative estimate of drug-likeness (QED) is 0.841. The molecule has 0 saturated carbocycles. The summed E-state index contributed by atoms with van der Waals surface area (Å²) >= 11 is 0. The molecular formula is C12H19N3O. The maximum absolute atomic E-state index is 5.74. The Labute approximate surface area is 96.4 Å². The molecule has 1 aromatic rings. The number of ether oxygens (including phenoxy) is 1. The topological polar surface area (TPSA) is 51.4 Å². The number of nitrogens with zero attached hydrogens (tertiary/aromatic N) is 2. The zero-order chi connectivity index (χ0) is 11.4. The smallest absolute Gasteiger partial charge is 0.130 e. The lowest BCUT2D eigenvalue weighted by atomic mass is 10.0. The van der Waals surface area contributed by atoms with E-state index in [2.05, 4.69) is 16.9 Å². The molecule has 4 nitrogen and oxygen atoms in total. The van der Waals surface area contributed by atoms with Crippen molar-refractivity contribution in [2.24, 2.45) is 5.92 Å². The van der Waals surface area contributed by atoms with Crippen LogP contribution in [0.15, 0.2) is 18.3 Å². The second-order valence-corrected chi connectivity index (χ2v) is 4.41. The summed E-state index contributed by atoms with van der Waals surface area (Å²) in [5.74, 6) is 1.55. The normalized spacial score (nSPS) is 20.7. The zero-order valence-electron chi connectivity index (χ0n) is 9.72. The van der Waals surface area contributed by atoms with E-state index in [1.807, 2.05) is 6.07 Å². The Hall–Kier alpha value is -1.29. The molecule has 0 aromatic carbocycles. The van der Waals surface area contributed by atoms with Crippen LogP contribution in [0, 0.1) is 5.92 Å². The van der Waals surface area contributed by atoms with Crippen LogP contribution >= 0.6 is 0 Å². The van der Waals surface area contributed by atoms with Crippen LogP contribution < -0.4 is 10.6 Å². The fourth-order valence-corrected chi connectivity index (χ4v) is 2.08. The Morgan fingerprint density at radius 1 is 1.62 bits per heavy atom. The van der Waals surface area contributed by atoms with Crippen molar-refractivity contribution in [2.45, 2.75) is 12.8 Å². The summed E-state index contributed by atoms with van der Waals surface area (Å²) in [6.45, 7) is 2.76. The third-order valence-corrected chi connectivity index (χ3v) is 2.95. The maximum atomic E-state index is 5.74. The minimum atomic E-state index is 0.613. The number of nitrogen functional groups attached to an aromatic ring is 1. The van der Waals surface area contributed by atoms with Crippen LogP contribution in [-0.2, 0) is 4.74 Å². The number of aromatic nitrogens is 1. The highest BCUT2D eigenvalue weighted by molar-refractivity contribution is 5.49. The summed E-state index contributed by atoms with van der Waals surface area (Å²) in [5, 5.41) is 0. The van der Waals surface area contributed by atoms with Gasteiger partial charge < -0.3 is 15.4 Å². The number of hydrogen-bond donors (Lipinski definition) is 1. The first-order valence-corrected chi connectivity index (χ1v) is 5.76. The van der Waals surface area contributed by atoms with Gasteiger partial charge in [-0.1, -0.05) is 0 Å². The third-order valence-electron chi connectivity index (χ3n) is 2.95. The molecule has 0 amide bonds. The minimum Gasteiger partial charge on any atom is -0.399 e. The zero-order valence-corrected chi connectivity index (χ0v) is 9.72. The Balaban J connectivity index is 1.94. The van der Waals surface area contributed by atoms with E-state index in [9.17, 15) is 0 Å². The molecule has 0 aliphatic carbocycles. The molecule has 1 aliphatic heterocycles. The standard InChI is InChI=1S/C12H19N3O/c1-15(8-10-3-2-6-16-9-10)12-7-11(13)4-5-14-12/h4-5,7,10H,2-3,6,8-9H2,1H3,(H2,13,14). The van der Waals surface area contributed by atoms with Crippen LogP contribution in [0.5, 0.6) is 0 Å². The molecule has 16 heavy (non-hydrogen) atoms. The first-order chi connectivity index (χ1) is 7.75. The molecule has 1 aliphatic rings. The van der Waals surface area contributed by atoms with Crippen LogP contribution in [-0.4, -0.2) is 31.8 Å². The van der Waals surface area contributed by atoms with Crippen LogP contribution in [0.1, 0.15) is 12.8 Å². The molecule has 0 radical (unpaired) electrons. The number of hydrogen-bond acceptors (Lipinski definition) is 4. The van der Waals surface area contributed by atoms with Crippen LogP contribution in [0.25, 0.3) is 0 Å². The van der Waals surface area contributed by atoms with Gasteiger partial charge in [0.15, 0.2) is 0 Å². The van der Waals surface area contributed by atoms with E-state index < -0.39 is 0 Å². The van der Waals surface area contributed by atoms with Gasteiger partial charge in [0.1, 0.15) is 5.82 Å². The summed E-state index contributed by atoms with van der Waals surface area (Å²) in [4.78, 5) is 6.46. The van der Waals surface area contributed by atoms with Crippen molar-refractivity contribution in [1.82, 2.24) is 4.98 Å². The average Bonchev–Trinajstić information content (AvgIpc) is 2.30. The van der Waals surface area contributed by atoms with Crippen molar-refractivity contribution in [3.63, 3.8) is 0 Å². The SMILES string of the molecule is CN(CC1CCCOC1)c1cc(N)ccn1.